The lowest BCUT2D eigenvalue weighted by Crippen LogP contribution is -2.19. The van der Waals surface area contributed by atoms with E-state index in [4.69, 9.17) is 11.6 Å². The summed E-state index contributed by atoms with van der Waals surface area (Å²) in [5, 5.41) is 12.2. The maximum atomic E-state index is 14.5. The Hall–Kier alpha value is -3.39. The van der Waals surface area contributed by atoms with Gasteiger partial charge in [0.15, 0.2) is 5.82 Å². The van der Waals surface area contributed by atoms with Gasteiger partial charge in [-0.1, -0.05) is 37.6 Å². The first kappa shape index (κ1) is 22.8. The lowest BCUT2D eigenvalue weighted by Gasteiger charge is -2.25. The Kier molecular flexibility index (Phi) is 6.37. The Morgan fingerprint density at radius 3 is 2.82 bits per heavy atom. The molecule has 0 saturated heterocycles. The van der Waals surface area contributed by atoms with E-state index in [9.17, 15) is 9.18 Å². The average Bonchev–Trinajstić information content (AvgIpc) is 2.94. The van der Waals surface area contributed by atoms with Gasteiger partial charge in [0.25, 0.3) is 5.91 Å². The largest absolute Gasteiger partial charge is 0.385 e. The van der Waals surface area contributed by atoms with E-state index in [1.54, 1.807) is 0 Å². The van der Waals surface area contributed by atoms with Gasteiger partial charge < -0.3 is 21.3 Å². The van der Waals surface area contributed by atoms with E-state index in [1.165, 1.54) is 37.0 Å². The second-order valence-corrected chi connectivity index (χ2v) is 8.96. The maximum absolute atomic E-state index is 14.5. The zero-order valence-electron chi connectivity index (χ0n) is 18.7. The molecule has 0 unspecified atom stereocenters. The predicted octanol–water partition coefficient (Wildman–Crippen LogP) is 5.60. The third-order valence-electron chi connectivity index (χ3n) is 5.77. The van der Waals surface area contributed by atoms with E-state index in [2.05, 4.69) is 51.1 Å². The first-order valence-corrected chi connectivity index (χ1v) is 11.1. The molecule has 9 heteroatoms. The fourth-order valence-electron chi connectivity index (χ4n) is 3.98. The van der Waals surface area contributed by atoms with Crippen molar-refractivity contribution in [2.75, 3.05) is 29.5 Å². The molecule has 4 rings (SSSR count). The number of benzene rings is 2. The van der Waals surface area contributed by atoms with E-state index in [1.807, 2.05) is 12.1 Å². The number of rotatable bonds is 5. The maximum Gasteiger partial charge on any atom is 0.253 e. The van der Waals surface area contributed by atoms with Crippen LogP contribution < -0.4 is 21.3 Å². The second kappa shape index (κ2) is 9.23. The molecule has 2 aromatic carbocycles. The molecule has 0 bridgehead atoms. The molecule has 0 spiro atoms. The van der Waals surface area contributed by atoms with Crippen LogP contribution in [0.1, 0.15) is 42.6 Å². The van der Waals surface area contributed by atoms with Crippen molar-refractivity contribution in [1.29, 1.82) is 0 Å². The summed E-state index contributed by atoms with van der Waals surface area (Å²) >= 11 is 6.26. The molecule has 0 radical (unpaired) electrons. The standard InChI is InChI=1S/C24H26ClFN6O/c1-24(2)10-5-11-28-19-12-14(8-9-16(19)24)30-23-29-13-17(25)21(32-23)31-20-15(22(33)27-3)6-4-7-18(20)26/h4,6-9,12-13,28H,5,10-11H2,1-3H3,(H,27,33)(H2,29,30,31,32). The summed E-state index contributed by atoms with van der Waals surface area (Å²) in [7, 11) is 1.48. The van der Waals surface area contributed by atoms with Crippen molar-refractivity contribution < 1.29 is 9.18 Å². The summed E-state index contributed by atoms with van der Waals surface area (Å²) in [6.45, 7) is 5.42. The molecular weight excluding hydrogens is 443 g/mol. The van der Waals surface area contributed by atoms with E-state index in [0.717, 1.165) is 30.8 Å². The smallest absolute Gasteiger partial charge is 0.253 e. The number of halogens is 2. The molecule has 1 aliphatic heterocycles. The van der Waals surface area contributed by atoms with E-state index in [-0.39, 0.29) is 33.5 Å². The first-order chi connectivity index (χ1) is 15.8. The van der Waals surface area contributed by atoms with Crippen molar-refractivity contribution in [3.8, 4) is 0 Å². The summed E-state index contributed by atoms with van der Waals surface area (Å²) in [4.78, 5) is 20.8. The number of aromatic nitrogens is 2. The number of para-hydroxylation sites is 1. The molecule has 3 aromatic rings. The van der Waals surface area contributed by atoms with Crippen molar-refractivity contribution in [3.05, 3.63) is 64.6 Å². The highest BCUT2D eigenvalue weighted by Gasteiger charge is 2.26. The number of nitrogens with zero attached hydrogens (tertiary/aromatic N) is 2. The van der Waals surface area contributed by atoms with Gasteiger partial charge in [-0.15, -0.1) is 0 Å². The van der Waals surface area contributed by atoms with Crippen LogP contribution in [0, 0.1) is 5.82 Å². The molecule has 7 nitrogen and oxygen atoms in total. The van der Waals surface area contributed by atoms with Crippen molar-refractivity contribution in [2.45, 2.75) is 32.1 Å². The Labute approximate surface area is 197 Å². The minimum atomic E-state index is -0.597. The van der Waals surface area contributed by atoms with Crippen LogP contribution in [-0.4, -0.2) is 29.5 Å². The summed E-state index contributed by atoms with van der Waals surface area (Å²) in [5.41, 5.74) is 3.38. The Morgan fingerprint density at radius 2 is 2.03 bits per heavy atom. The van der Waals surface area contributed by atoms with Crippen molar-refractivity contribution in [3.63, 3.8) is 0 Å². The van der Waals surface area contributed by atoms with Crippen LogP contribution in [0.5, 0.6) is 0 Å². The SMILES string of the molecule is CNC(=O)c1cccc(F)c1Nc1nc(Nc2ccc3c(c2)NCCCC3(C)C)ncc1Cl. The van der Waals surface area contributed by atoms with Crippen molar-refractivity contribution in [2.24, 2.45) is 0 Å². The minimum Gasteiger partial charge on any atom is -0.385 e. The molecule has 1 aliphatic rings. The zero-order chi connectivity index (χ0) is 23.6. The molecule has 0 atom stereocenters. The molecule has 1 aromatic heterocycles. The number of hydrogen-bond acceptors (Lipinski definition) is 6. The van der Waals surface area contributed by atoms with Gasteiger partial charge in [-0.2, -0.15) is 4.98 Å². The van der Waals surface area contributed by atoms with E-state index in [0.29, 0.717) is 0 Å². The lowest BCUT2D eigenvalue weighted by atomic mass is 9.80. The first-order valence-electron chi connectivity index (χ1n) is 10.7. The summed E-state index contributed by atoms with van der Waals surface area (Å²) in [5.74, 6) is -0.563. The number of amides is 1. The zero-order valence-corrected chi connectivity index (χ0v) is 19.5. The van der Waals surface area contributed by atoms with Gasteiger partial charge in [0.05, 0.1) is 17.4 Å². The number of hydrogen-bond donors (Lipinski definition) is 4. The van der Waals surface area contributed by atoms with E-state index >= 15 is 0 Å². The molecule has 0 aliphatic carbocycles. The van der Waals surface area contributed by atoms with Crippen LogP contribution in [0.4, 0.5) is 33.2 Å². The third kappa shape index (κ3) is 4.85. The number of anilines is 5. The molecule has 0 saturated carbocycles. The van der Waals surface area contributed by atoms with E-state index < -0.39 is 11.7 Å². The fourth-order valence-corrected chi connectivity index (χ4v) is 4.12. The molecule has 0 fully saturated rings. The lowest BCUT2D eigenvalue weighted by molar-refractivity contribution is 0.0963. The van der Waals surface area contributed by atoms with Gasteiger partial charge in [0, 0.05) is 25.0 Å². The highest BCUT2D eigenvalue weighted by molar-refractivity contribution is 6.33. The van der Waals surface area contributed by atoms with Crippen LogP contribution in [0.2, 0.25) is 5.02 Å². The molecule has 33 heavy (non-hydrogen) atoms. The Morgan fingerprint density at radius 1 is 1.21 bits per heavy atom. The normalized spacial score (nSPS) is 14.5. The number of fused-ring (bicyclic) bond motifs is 1. The van der Waals surface area contributed by atoms with Gasteiger partial charge in [0.2, 0.25) is 5.95 Å². The quantitative estimate of drug-likeness (QED) is 0.389. The van der Waals surface area contributed by atoms with Crippen molar-refractivity contribution in [1.82, 2.24) is 15.3 Å². The third-order valence-corrected chi connectivity index (χ3v) is 6.05. The predicted molar refractivity (Wildman–Crippen MR) is 131 cm³/mol. The average molecular weight is 469 g/mol. The fraction of sp³-hybridized carbons (Fsp3) is 0.292. The van der Waals surface area contributed by atoms with Crippen LogP contribution in [0.3, 0.4) is 0 Å². The molecule has 4 N–H and O–H groups in total. The van der Waals surface area contributed by atoms with Gasteiger partial charge in [-0.3, -0.25) is 4.79 Å². The topological polar surface area (TPSA) is 91.0 Å². The van der Waals surface area contributed by atoms with Gasteiger partial charge in [-0.25, -0.2) is 9.37 Å². The van der Waals surface area contributed by atoms with Crippen LogP contribution >= 0.6 is 11.6 Å². The van der Waals surface area contributed by atoms with Crippen molar-refractivity contribution >= 4 is 46.3 Å². The second-order valence-electron chi connectivity index (χ2n) is 8.56. The molecule has 172 valence electrons. The highest BCUT2D eigenvalue weighted by Crippen LogP contribution is 2.38. The molecule has 2 heterocycles. The minimum absolute atomic E-state index is 0.0140. The summed E-state index contributed by atoms with van der Waals surface area (Å²) in [6, 6.07) is 10.4. The summed E-state index contributed by atoms with van der Waals surface area (Å²) in [6.07, 6.45) is 3.64. The summed E-state index contributed by atoms with van der Waals surface area (Å²) < 4.78 is 14.5. The van der Waals surface area contributed by atoms with Gasteiger partial charge >= 0.3 is 0 Å². The molecular formula is C24H26ClFN6O. The number of nitrogens with one attached hydrogen (secondary N) is 4. The Balaban J connectivity index is 1.62. The van der Waals surface area contributed by atoms with Gasteiger partial charge in [0.1, 0.15) is 10.8 Å². The number of carbonyl (C=O) groups is 1. The number of carbonyl (C=O) groups excluding carboxylic acids is 1. The monoisotopic (exact) mass is 468 g/mol. The van der Waals surface area contributed by atoms with Gasteiger partial charge in [-0.05, 0) is 48.1 Å². The highest BCUT2D eigenvalue weighted by atomic mass is 35.5. The van der Waals surface area contributed by atoms with Crippen LogP contribution in [0.25, 0.3) is 0 Å². The Bertz CT molecular complexity index is 1200. The molecule has 1 amide bonds. The van der Waals surface area contributed by atoms with Crippen LogP contribution in [-0.2, 0) is 5.41 Å². The van der Waals surface area contributed by atoms with Crippen LogP contribution in [0.15, 0.2) is 42.6 Å².